The van der Waals surface area contributed by atoms with E-state index in [0.717, 1.165) is 30.7 Å². The van der Waals surface area contributed by atoms with Gasteiger partial charge >= 0.3 is 0 Å². The largest absolute Gasteiger partial charge is 0.370 e. The van der Waals surface area contributed by atoms with Gasteiger partial charge < -0.3 is 15.6 Å². The second kappa shape index (κ2) is 8.56. The number of carbonyl (C=O) groups excluding carboxylic acids is 1. The van der Waals surface area contributed by atoms with E-state index in [2.05, 4.69) is 40.8 Å². The quantitative estimate of drug-likeness (QED) is 0.809. The van der Waals surface area contributed by atoms with Gasteiger partial charge in [-0.25, -0.2) is 0 Å². The molecule has 3 aliphatic rings. The van der Waals surface area contributed by atoms with Crippen LogP contribution in [0.15, 0.2) is 40.3 Å². The first-order chi connectivity index (χ1) is 12.6. The Morgan fingerprint density at radius 1 is 1.31 bits per heavy atom. The van der Waals surface area contributed by atoms with Gasteiger partial charge in [0.25, 0.3) is 0 Å². The van der Waals surface area contributed by atoms with E-state index in [0.29, 0.717) is 6.42 Å². The van der Waals surface area contributed by atoms with Crippen LogP contribution in [0.3, 0.4) is 0 Å². The summed E-state index contributed by atoms with van der Waals surface area (Å²) in [5, 5.41) is 7.62. The van der Waals surface area contributed by atoms with E-state index in [1.807, 2.05) is 19.2 Å². The van der Waals surface area contributed by atoms with Gasteiger partial charge in [-0.1, -0.05) is 25.8 Å². The number of rotatable bonds is 4. The van der Waals surface area contributed by atoms with Crippen LogP contribution in [-0.2, 0) is 4.79 Å². The standard InChI is InChI=1S/C21H32N4O/c1-4-9-20(26)22-16-12-13-19(25(3)14-16)21-18-11-8-6-5-7-10-17(18)15(2)23-24-21/h12-14,19,21,24H,4-11H2,1-3H3,(H,22,26). The van der Waals surface area contributed by atoms with Gasteiger partial charge in [-0.15, -0.1) is 0 Å². The van der Waals surface area contributed by atoms with Crippen molar-refractivity contribution in [2.45, 2.75) is 77.3 Å². The molecule has 2 atom stereocenters. The van der Waals surface area contributed by atoms with E-state index < -0.39 is 0 Å². The van der Waals surface area contributed by atoms with E-state index in [-0.39, 0.29) is 18.0 Å². The Labute approximate surface area is 157 Å². The van der Waals surface area contributed by atoms with Crippen molar-refractivity contribution in [2.24, 2.45) is 5.10 Å². The van der Waals surface area contributed by atoms with Crippen LogP contribution in [0.25, 0.3) is 0 Å². The molecule has 142 valence electrons. The highest BCUT2D eigenvalue weighted by molar-refractivity contribution is 5.99. The molecule has 0 aromatic carbocycles. The Morgan fingerprint density at radius 3 is 2.81 bits per heavy atom. The highest BCUT2D eigenvalue weighted by Crippen LogP contribution is 2.32. The number of hydrogen-bond acceptors (Lipinski definition) is 4. The molecule has 0 radical (unpaired) electrons. The Kier molecular flexibility index (Phi) is 6.17. The van der Waals surface area contributed by atoms with Crippen LogP contribution in [0.4, 0.5) is 0 Å². The van der Waals surface area contributed by atoms with Crippen molar-refractivity contribution in [3.63, 3.8) is 0 Å². The second-order valence-corrected chi connectivity index (χ2v) is 7.62. The fourth-order valence-corrected chi connectivity index (χ4v) is 4.19. The van der Waals surface area contributed by atoms with Crippen molar-refractivity contribution in [3.8, 4) is 0 Å². The van der Waals surface area contributed by atoms with Gasteiger partial charge in [-0.05, 0) is 56.3 Å². The summed E-state index contributed by atoms with van der Waals surface area (Å²) in [5.41, 5.74) is 8.44. The van der Waals surface area contributed by atoms with Crippen LogP contribution in [0.1, 0.15) is 65.2 Å². The molecule has 2 unspecified atom stereocenters. The van der Waals surface area contributed by atoms with Crippen LogP contribution in [0.2, 0.25) is 0 Å². The Morgan fingerprint density at radius 2 is 2.08 bits per heavy atom. The smallest absolute Gasteiger partial charge is 0.224 e. The molecule has 0 aromatic rings. The highest BCUT2D eigenvalue weighted by Gasteiger charge is 2.32. The predicted octanol–water partition coefficient (Wildman–Crippen LogP) is 3.61. The number of carbonyl (C=O) groups is 1. The van der Waals surface area contributed by atoms with Crippen molar-refractivity contribution in [3.05, 3.63) is 35.2 Å². The third-order valence-electron chi connectivity index (χ3n) is 5.58. The van der Waals surface area contributed by atoms with E-state index in [1.165, 1.54) is 36.8 Å². The summed E-state index contributed by atoms with van der Waals surface area (Å²) < 4.78 is 0. The molecule has 1 aliphatic carbocycles. The second-order valence-electron chi connectivity index (χ2n) is 7.62. The van der Waals surface area contributed by atoms with Gasteiger partial charge in [0.15, 0.2) is 0 Å². The summed E-state index contributed by atoms with van der Waals surface area (Å²) in [5.74, 6) is 0.0799. The zero-order chi connectivity index (χ0) is 18.5. The molecule has 2 aliphatic heterocycles. The van der Waals surface area contributed by atoms with Crippen LogP contribution in [-0.4, -0.2) is 35.7 Å². The van der Waals surface area contributed by atoms with Crippen molar-refractivity contribution in [2.75, 3.05) is 7.05 Å². The minimum Gasteiger partial charge on any atom is -0.370 e. The van der Waals surface area contributed by atoms with Crippen LogP contribution >= 0.6 is 0 Å². The molecule has 2 heterocycles. The maximum absolute atomic E-state index is 11.9. The monoisotopic (exact) mass is 356 g/mol. The molecule has 1 amide bonds. The lowest BCUT2D eigenvalue weighted by atomic mass is 9.83. The van der Waals surface area contributed by atoms with E-state index in [4.69, 9.17) is 0 Å². The molecule has 0 fully saturated rings. The number of allylic oxidation sites excluding steroid dienone is 2. The lowest BCUT2D eigenvalue weighted by Gasteiger charge is -2.39. The summed E-state index contributed by atoms with van der Waals surface area (Å²) in [4.78, 5) is 14.0. The lowest BCUT2D eigenvalue weighted by molar-refractivity contribution is -0.120. The summed E-state index contributed by atoms with van der Waals surface area (Å²) in [6.07, 6.45) is 15.2. The fraction of sp³-hybridized carbons (Fsp3) is 0.619. The number of hydrogen-bond donors (Lipinski definition) is 2. The minimum absolute atomic E-state index is 0.0799. The third kappa shape index (κ3) is 4.19. The average Bonchev–Trinajstić information content (AvgIpc) is 2.57. The van der Waals surface area contributed by atoms with Crippen LogP contribution < -0.4 is 10.7 Å². The summed E-state index contributed by atoms with van der Waals surface area (Å²) >= 11 is 0. The molecule has 0 spiro atoms. The van der Waals surface area contributed by atoms with Gasteiger partial charge in [0.2, 0.25) is 5.91 Å². The van der Waals surface area contributed by atoms with Gasteiger partial charge in [-0.3, -0.25) is 4.79 Å². The molecule has 26 heavy (non-hydrogen) atoms. The van der Waals surface area contributed by atoms with Gasteiger partial charge in [0.1, 0.15) is 0 Å². The summed E-state index contributed by atoms with van der Waals surface area (Å²) in [7, 11) is 2.08. The fourth-order valence-electron chi connectivity index (χ4n) is 4.19. The maximum atomic E-state index is 11.9. The van der Waals surface area contributed by atoms with Crippen molar-refractivity contribution in [1.82, 2.24) is 15.6 Å². The topological polar surface area (TPSA) is 56.7 Å². The van der Waals surface area contributed by atoms with E-state index >= 15 is 0 Å². The van der Waals surface area contributed by atoms with Crippen LogP contribution in [0, 0.1) is 0 Å². The molecule has 0 bridgehead atoms. The van der Waals surface area contributed by atoms with Gasteiger partial charge in [-0.2, -0.15) is 5.10 Å². The maximum Gasteiger partial charge on any atom is 0.224 e. The molecule has 0 saturated heterocycles. The molecule has 2 N–H and O–H groups in total. The average molecular weight is 357 g/mol. The number of nitrogens with one attached hydrogen (secondary N) is 2. The minimum atomic E-state index is 0.0799. The zero-order valence-electron chi connectivity index (χ0n) is 16.3. The first kappa shape index (κ1) is 18.7. The van der Waals surface area contributed by atoms with Crippen molar-refractivity contribution < 1.29 is 4.79 Å². The summed E-state index contributed by atoms with van der Waals surface area (Å²) in [6.45, 7) is 4.15. The molecule has 3 rings (SSSR count). The van der Waals surface area contributed by atoms with Gasteiger partial charge in [0, 0.05) is 19.7 Å². The van der Waals surface area contributed by atoms with Gasteiger partial charge in [0.05, 0.1) is 23.5 Å². The summed E-state index contributed by atoms with van der Waals surface area (Å²) in [6, 6.07) is 0.417. The number of amides is 1. The predicted molar refractivity (Wildman–Crippen MR) is 107 cm³/mol. The molecule has 0 aromatic heterocycles. The SMILES string of the molecule is CCCC(=O)NC1=CN(C)C(C2NN=C(C)C3=C2CCCCCC3)C=C1. The lowest BCUT2D eigenvalue weighted by Crippen LogP contribution is -2.49. The number of nitrogens with zero attached hydrogens (tertiary/aromatic N) is 2. The van der Waals surface area contributed by atoms with E-state index in [1.54, 1.807) is 0 Å². The van der Waals surface area contributed by atoms with Crippen molar-refractivity contribution in [1.29, 1.82) is 0 Å². The molecule has 5 nitrogen and oxygen atoms in total. The molecule has 0 saturated carbocycles. The molecule has 5 heteroatoms. The Bertz CT molecular complexity index is 659. The third-order valence-corrected chi connectivity index (χ3v) is 5.58. The normalized spacial score (nSPS) is 26.2. The Hall–Kier alpha value is -2.04. The highest BCUT2D eigenvalue weighted by atomic mass is 16.1. The first-order valence-corrected chi connectivity index (χ1v) is 10.0. The number of hydrazone groups is 1. The van der Waals surface area contributed by atoms with Crippen LogP contribution in [0.5, 0.6) is 0 Å². The molecular weight excluding hydrogens is 324 g/mol. The number of likely N-dealkylation sites (N-methyl/N-ethyl adjacent to an activating group) is 1. The van der Waals surface area contributed by atoms with E-state index in [9.17, 15) is 4.79 Å². The zero-order valence-corrected chi connectivity index (χ0v) is 16.3. The Balaban J connectivity index is 1.76. The first-order valence-electron chi connectivity index (χ1n) is 10.0. The molecular formula is C21H32N4O. The van der Waals surface area contributed by atoms with Crippen molar-refractivity contribution >= 4 is 11.6 Å².